The number of hydrogen-bond acceptors (Lipinski definition) is 3. The van der Waals surface area contributed by atoms with E-state index >= 15 is 0 Å². The lowest BCUT2D eigenvalue weighted by Crippen LogP contribution is -2.05. The molecule has 16 heavy (non-hydrogen) atoms. The Balaban J connectivity index is 2.62. The number of hydrogen-bond donors (Lipinski definition) is 1. The first kappa shape index (κ1) is 10.5. The van der Waals surface area contributed by atoms with Crippen molar-refractivity contribution in [2.75, 3.05) is 13.7 Å². The fourth-order valence-corrected chi connectivity index (χ4v) is 1.56. The Morgan fingerprint density at radius 1 is 1.31 bits per heavy atom. The Morgan fingerprint density at radius 2 is 2.12 bits per heavy atom. The molecule has 2 rings (SSSR count). The molecule has 0 amide bonds. The second-order valence-corrected chi connectivity index (χ2v) is 3.34. The molecule has 0 spiro atoms. The van der Waals surface area contributed by atoms with Crippen molar-refractivity contribution >= 4 is 10.9 Å². The first-order chi connectivity index (χ1) is 7.74. The zero-order valence-corrected chi connectivity index (χ0v) is 9.24. The minimum absolute atomic E-state index is 0.0731. The number of methoxy groups -OCH3 is 1. The molecular formula is C12H13NO3. The van der Waals surface area contributed by atoms with Gasteiger partial charge in [-0.3, -0.25) is 4.79 Å². The highest BCUT2D eigenvalue weighted by molar-refractivity contribution is 5.80. The van der Waals surface area contributed by atoms with E-state index in [9.17, 15) is 4.79 Å². The van der Waals surface area contributed by atoms with Crippen LogP contribution in [0.5, 0.6) is 11.6 Å². The quantitative estimate of drug-likeness (QED) is 0.858. The van der Waals surface area contributed by atoms with Crippen molar-refractivity contribution in [2.24, 2.45) is 0 Å². The molecule has 2 aromatic rings. The van der Waals surface area contributed by atoms with Gasteiger partial charge in [0.2, 0.25) is 0 Å². The third-order valence-electron chi connectivity index (χ3n) is 2.31. The van der Waals surface area contributed by atoms with E-state index in [1.165, 1.54) is 6.07 Å². The molecule has 0 fully saturated rings. The summed E-state index contributed by atoms with van der Waals surface area (Å²) in [5, 5.41) is 0.600. The number of ether oxygens (including phenoxy) is 2. The van der Waals surface area contributed by atoms with Gasteiger partial charge in [-0.25, -0.2) is 0 Å². The molecule has 0 saturated carbocycles. The number of nitrogens with one attached hydrogen (secondary N) is 1. The van der Waals surface area contributed by atoms with Crippen LogP contribution >= 0.6 is 0 Å². The third kappa shape index (κ3) is 1.86. The highest BCUT2D eigenvalue weighted by atomic mass is 16.5. The summed E-state index contributed by atoms with van der Waals surface area (Å²) in [5.41, 5.74) is 0.674. The first-order valence-corrected chi connectivity index (χ1v) is 5.08. The molecule has 0 bridgehead atoms. The van der Waals surface area contributed by atoms with Crippen LogP contribution in [0.1, 0.15) is 6.92 Å². The second-order valence-electron chi connectivity index (χ2n) is 3.34. The van der Waals surface area contributed by atoms with Gasteiger partial charge >= 0.3 is 0 Å². The third-order valence-corrected chi connectivity index (χ3v) is 2.31. The van der Waals surface area contributed by atoms with E-state index in [4.69, 9.17) is 9.47 Å². The summed E-state index contributed by atoms with van der Waals surface area (Å²) in [6.07, 6.45) is 0. The maximum absolute atomic E-state index is 11.8. The predicted octanol–water partition coefficient (Wildman–Crippen LogP) is 1.94. The van der Waals surface area contributed by atoms with Gasteiger partial charge in [0, 0.05) is 11.5 Å². The van der Waals surface area contributed by atoms with Crippen LogP contribution in [-0.2, 0) is 0 Å². The Kier molecular flexibility index (Phi) is 2.81. The van der Waals surface area contributed by atoms with Gasteiger partial charge in [-0.15, -0.1) is 0 Å². The van der Waals surface area contributed by atoms with Crippen LogP contribution in [0.4, 0.5) is 0 Å². The molecule has 0 aliphatic rings. The van der Waals surface area contributed by atoms with Crippen LogP contribution in [0, 0.1) is 0 Å². The zero-order chi connectivity index (χ0) is 11.5. The SMILES string of the molecule is CCOc1cc(=O)c2cc(OC)ccc2[nH]1. The van der Waals surface area contributed by atoms with Crippen LogP contribution in [0.2, 0.25) is 0 Å². The normalized spacial score (nSPS) is 10.4. The topological polar surface area (TPSA) is 51.3 Å². The largest absolute Gasteiger partial charge is 0.497 e. The minimum atomic E-state index is -0.0731. The number of aromatic amines is 1. The number of fused-ring (bicyclic) bond motifs is 1. The van der Waals surface area contributed by atoms with Crippen molar-refractivity contribution in [1.29, 1.82) is 0 Å². The molecule has 84 valence electrons. The molecule has 4 nitrogen and oxygen atoms in total. The lowest BCUT2D eigenvalue weighted by molar-refractivity contribution is 0.328. The Hall–Kier alpha value is -1.97. The molecule has 0 saturated heterocycles. The maximum Gasteiger partial charge on any atom is 0.195 e. The van der Waals surface area contributed by atoms with Crippen LogP contribution < -0.4 is 14.9 Å². The summed E-state index contributed by atoms with van der Waals surface area (Å²) < 4.78 is 10.3. The van der Waals surface area contributed by atoms with E-state index in [1.807, 2.05) is 6.92 Å². The number of pyridine rings is 1. The van der Waals surface area contributed by atoms with E-state index in [2.05, 4.69) is 4.98 Å². The molecule has 1 N–H and O–H groups in total. The van der Waals surface area contributed by atoms with Crippen molar-refractivity contribution in [1.82, 2.24) is 4.98 Å². The molecule has 1 heterocycles. The summed E-state index contributed by atoms with van der Waals surface area (Å²) in [6.45, 7) is 2.40. The van der Waals surface area contributed by atoms with Crippen molar-refractivity contribution < 1.29 is 9.47 Å². The van der Waals surface area contributed by atoms with Gasteiger partial charge in [0.15, 0.2) is 11.3 Å². The van der Waals surface area contributed by atoms with Crippen molar-refractivity contribution in [3.8, 4) is 11.6 Å². The molecule has 0 unspecified atom stereocenters. The van der Waals surface area contributed by atoms with E-state index in [-0.39, 0.29) is 5.43 Å². The fourth-order valence-electron chi connectivity index (χ4n) is 1.56. The summed E-state index contributed by atoms with van der Waals surface area (Å²) in [5.74, 6) is 1.16. The zero-order valence-electron chi connectivity index (χ0n) is 9.24. The fraction of sp³-hybridized carbons (Fsp3) is 0.250. The Morgan fingerprint density at radius 3 is 2.81 bits per heavy atom. The summed E-state index contributed by atoms with van der Waals surface area (Å²) in [4.78, 5) is 14.8. The smallest absolute Gasteiger partial charge is 0.195 e. The van der Waals surface area contributed by atoms with Gasteiger partial charge < -0.3 is 14.5 Å². The van der Waals surface area contributed by atoms with Crippen LogP contribution in [0.25, 0.3) is 10.9 Å². The predicted molar refractivity (Wildman–Crippen MR) is 62.3 cm³/mol. The van der Waals surface area contributed by atoms with Crippen LogP contribution in [0.15, 0.2) is 29.1 Å². The minimum Gasteiger partial charge on any atom is -0.497 e. The summed E-state index contributed by atoms with van der Waals surface area (Å²) in [6, 6.07) is 6.77. The van der Waals surface area contributed by atoms with Crippen LogP contribution in [-0.4, -0.2) is 18.7 Å². The molecule has 1 aromatic carbocycles. The van der Waals surface area contributed by atoms with Gasteiger partial charge in [0.05, 0.1) is 19.2 Å². The lowest BCUT2D eigenvalue weighted by Gasteiger charge is -2.06. The van der Waals surface area contributed by atoms with Gasteiger partial charge in [-0.1, -0.05) is 0 Å². The van der Waals surface area contributed by atoms with Crippen molar-refractivity contribution in [2.45, 2.75) is 6.92 Å². The maximum atomic E-state index is 11.8. The highest BCUT2D eigenvalue weighted by Crippen LogP contribution is 2.18. The second kappa shape index (κ2) is 4.26. The van der Waals surface area contributed by atoms with Crippen molar-refractivity contribution in [3.05, 3.63) is 34.5 Å². The first-order valence-electron chi connectivity index (χ1n) is 5.08. The molecule has 0 atom stereocenters. The van der Waals surface area contributed by atoms with E-state index in [1.54, 1.807) is 25.3 Å². The Labute approximate surface area is 92.8 Å². The highest BCUT2D eigenvalue weighted by Gasteiger charge is 2.03. The van der Waals surface area contributed by atoms with E-state index in [0.717, 1.165) is 5.52 Å². The summed E-state index contributed by atoms with van der Waals surface area (Å²) in [7, 11) is 1.57. The van der Waals surface area contributed by atoms with E-state index in [0.29, 0.717) is 23.6 Å². The lowest BCUT2D eigenvalue weighted by atomic mass is 10.2. The molecule has 0 aliphatic heterocycles. The average Bonchev–Trinajstić information content (AvgIpc) is 2.29. The molecule has 1 aromatic heterocycles. The average molecular weight is 219 g/mol. The van der Waals surface area contributed by atoms with Gasteiger partial charge in [-0.05, 0) is 25.1 Å². The van der Waals surface area contributed by atoms with E-state index < -0.39 is 0 Å². The van der Waals surface area contributed by atoms with Crippen molar-refractivity contribution in [3.63, 3.8) is 0 Å². The molecule has 4 heteroatoms. The number of aromatic nitrogens is 1. The van der Waals surface area contributed by atoms with Gasteiger partial charge in [-0.2, -0.15) is 0 Å². The number of benzene rings is 1. The number of rotatable bonds is 3. The van der Waals surface area contributed by atoms with Gasteiger partial charge in [0.25, 0.3) is 0 Å². The van der Waals surface area contributed by atoms with Crippen LogP contribution in [0.3, 0.4) is 0 Å². The number of H-pyrrole nitrogens is 1. The summed E-state index contributed by atoms with van der Waals surface area (Å²) >= 11 is 0. The molecular weight excluding hydrogens is 206 g/mol. The Bertz CT molecular complexity index is 560. The molecule has 0 aliphatic carbocycles. The molecule has 0 radical (unpaired) electrons. The van der Waals surface area contributed by atoms with Gasteiger partial charge in [0.1, 0.15) is 5.75 Å². The standard InChI is InChI=1S/C12H13NO3/c1-3-16-12-7-11(14)9-6-8(15-2)4-5-10(9)13-12/h4-7H,3H2,1-2H3,(H,13,14). The monoisotopic (exact) mass is 219 g/mol.